The normalized spacial score (nSPS) is 19.1. The van der Waals surface area contributed by atoms with Crippen molar-refractivity contribution in [3.05, 3.63) is 41.2 Å². The molecule has 1 aromatic carbocycles. The summed E-state index contributed by atoms with van der Waals surface area (Å²) in [5.74, 6) is 1.45. The lowest BCUT2D eigenvalue weighted by molar-refractivity contribution is 0.436. The zero-order valence-electron chi connectivity index (χ0n) is 10.7. The molecule has 2 atom stereocenters. The van der Waals surface area contributed by atoms with Crippen molar-refractivity contribution in [1.82, 2.24) is 25.5 Å². The van der Waals surface area contributed by atoms with E-state index in [2.05, 4.69) is 52.0 Å². The summed E-state index contributed by atoms with van der Waals surface area (Å²) < 4.78 is 1.92. The van der Waals surface area contributed by atoms with Gasteiger partial charge in [0, 0.05) is 5.92 Å². The van der Waals surface area contributed by atoms with Crippen molar-refractivity contribution in [1.29, 1.82) is 0 Å². The maximum Gasteiger partial charge on any atom is 0.167 e. The number of nitrogens with one attached hydrogen (secondary N) is 1. The average molecular weight is 243 g/mol. The molecule has 5 nitrogen and oxygen atoms in total. The molecule has 0 saturated carbocycles. The minimum atomic E-state index is 0.176. The molecule has 1 aliphatic carbocycles. The number of tetrazole rings is 1. The monoisotopic (exact) mass is 243 g/mol. The molecule has 0 fully saturated rings. The third-order valence-electron chi connectivity index (χ3n) is 3.73. The Bertz CT molecular complexity index is 548. The van der Waals surface area contributed by atoms with Crippen molar-refractivity contribution in [2.24, 2.45) is 0 Å². The third-order valence-corrected chi connectivity index (χ3v) is 3.73. The molecule has 0 radical (unpaired) electrons. The Morgan fingerprint density at radius 2 is 2.28 bits per heavy atom. The molecule has 2 aromatic rings. The highest BCUT2D eigenvalue weighted by molar-refractivity contribution is 5.39. The predicted octanol–water partition coefficient (Wildman–Crippen LogP) is 1.29. The van der Waals surface area contributed by atoms with Gasteiger partial charge in [-0.25, -0.2) is 4.68 Å². The summed E-state index contributed by atoms with van der Waals surface area (Å²) >= 11 is 0. The number of hydrogen-bond acceptors (Lipinski definition) is 4. The second-order valence-electron chi connectivity index (χ2n) is 4.83. The van der Waals surface area contributed by atoms with Gasteiger partial charge < -0.3 is 5.32 Å². The Morgan fingerprint density at radius 3 is 3.06 bits per heavy atom. The highest BCUT2D eigenvalue weighted by atomic mass is 15.5. The quantitative estimate of drug-likeness (QED) is 0.879. The fourth-order valence-electron chi connectivity index (χ4n) is 2.52. The van der Waals surface area contributed by atoms with Crippen molar-refractivity contribution in [3.8, 4) is 0 Å². The first-order valence-electron chi connectivity index (χ1n) is 6.30. The number of benzene rings is 1. The van der Waals surface area contributed by atoms with Gasteiger partial charge in [0.25, 0.3) is 0 Å². The molecule has 2 unspecified atom stereocenters. The summed E-state index contributed by atoms with van der Waals surface area (Å²) in [5, 5.41) is 15.1. The van der Waals surface area contributed by atoms with Crippen LogP contribution in [-0.4, -0.2) is 27.3 Å². The van der Waals surface area contributed by atoms with E-state index in [0.29, 0.717) is 5.92 Å². The van der Waals surface area contributed by atoms with E-state index >= 15 is 0 Å². The van der Waals surface area contributed by atoms with Gasteiger partial charge in [-0.1, -0.05) is 24.3 Å². The maximum atomic E-state index is 4.10. The zero-order valence-corrected chi connectivity index (χ0v) is 10.7. The highest BCUT2D eigenvalue weighted by Crippen LogP contribution is 2.35. The molecule has 1 heterocycles. The van der Waals surface area contributed by atoms with Gasteiger partial charge in [-0.05, 0) is 41.9 Å². The lowest BCUT2D eigenvalue weighted by atomic mass is 9.77. The molecule has 0 spiro atoms. The number of hydrogen-bond donors (Lipinski definition) is 1. The fourth-order valence-corrected chi connectivity index (χ4v) is 2.52. The van der Waals surface area contributed by atoms with Crippen LogP contribution in [0.3, 0.4) is 0 Å². The summed E-state index contributed by atoms with van der Waals surface area (Å²) in [4.78, 5) is 0. The summed E-state index contributed by atoms with van der Waals surface area (Å²) in [6, 6.07) is 8.77. The molecular weight excluding hydrogens is 226 g/mol. The van der Waals surface area contributed by atoms with E-state index in [1.54, 1.807) is 0 Å². The molecule has 94 valence electrons. The van der Waals surface area contributed by atoms with E-state index in [9.17, 15) is 0 Å². The smallest absolute Gasteiger partial charge is 0.167 e. The Labute approximate surface area is 106 Å². The predicted molar refractivity (Wildman–Crippen MR) is 68.2 cm³/mol. The minimum Gasteiger partial charge on any atom is -0.311 e. The van der Waals surface area contributed by atoms with Crippen LogP contribution in [0.15, 0.2) is 24.3 Å². The van der Waals surface area contributed by atoms with Crippen LogP contribution in [0.1, 0.15) is 35.8 Å². The Hall–Kier alpha value is -1.75. The van der Waals surface area contributed by atoms with Gasteiger partial charge in [0.2, 0.25) is 0 Å². The number of rotatable bonds is 4. The van der Waals surface area contributed by atoms with Crippen molar-refractivity contribution in [2.75, 3.05) is 7.05 Å². The first kappa shape index (κ1) is 11.3. The van der Waals surface area contributed by atoms with Crippen LogP contribution in [0.4, 0.5) is 0 Å². The van der Waals surface area contributed by atoms with Crippen molar-refractivity contribution >= 4 is 0 Å². The number of aromatic nitrogens is 4. The Morgan fingerprint density at radius 1 is 1.44 bits per heavy atom. The standard InChI is InChI=1S/C13H17N5/c1-9(14-2)13-15-16-17-18(13)8-11-7-10-5-3-4-6-12(10)11/h3-6,9,11,14H,7-8H2,1-2H3. The number of nitrogens with zero attached hydrogens (tertiary/aromatic N) is 4. The third kappa shape index (κ3) is 1.80. The zero-order chi connectivity index (χ0) is 12.5. The largest absolute Gasteiger partial charge is 0.311 e. The number of fused-ring (bicyclic) bond motifs is 1. The van der Waals surface area contributed by atoms with E-state index in [4.69, 9.17) is 0 Å². The van der Waals surface area contributed by atoms with Gasteiger partial charge in [-0.2, -0.15) is 0 Å². The molecule has 0 bridgehead atoms. The van der Waals surface area contributed by atoms with Crippen LogP contribution >= 0.6 is 0 Å². The van der Waals surface area contributed by atoms with E-state index in [1.807, 2.05) is 11.7 Å². The van der Waals surface area contributed by atoms with Gasteiger partial charge >= 0.3 is 0 Å². The van der Waals surface area contributed by atoms with Crippen LogP contribution in [0.2, 0.25) is 0 Å². The minimum absolute atomic E-state index is 0.176. The van der Waals surface area contributed by atoms with Gasteiger partial charge in [0.15, 0.2) is 5.82 Å². The Kier molecular flexibility index (Phi) is 2.83. The van der Waals surface area contributed by atoms with Crippen LogP contribution in [-0.2, 0) is 13.0 Å². The topological polar surface area (TPSA) is 55.6 Å². The highest BCUT2D eigenvalue weighted by Gasteiger charge is 2.27. The van der Waals surface area contributed by atoms with Crippen molar-refractivity contribution in [3.63, 3.8) is 0 Å². The lowest BCUT2D eigenvalue weighted by Crippen LogP contribution is -2.25. The molecule has 1 aromatic heterocycles. The van der Waals surface area contributed by atoms with Gasteiger partial charge in [0.05, 0.1) is 12.6 Å². The van der Waals surface area contributed by atoms with Crippen LogP contribution in [0.25, 0.3) is 0 Å². The first-order valence-corrected chi connectivity index (χ1v) is 6.30. The van der Waals surface area contributed by atoms with Crippen molar-refractivity contribution < 1.29 is 0 Å². The van der Waals surface area contributed by atoms with Gasteiger partial charge in [-0.15, -0.1) is 5.10 Å². The lowest BCUT2D eigenvalue weighted by Gasteiger charge is -2.30. The Balaban J connectivity index is 1.78. The SMILES string of the molecule is CNC(C)c1nnnn1CC1Cc2ccccc21. The molecule has 3 rings (SSSR count). The molecule has 0 aliphatic heterocycles. The average Bonchev–Trinajstić information content (AvgIpc) is 2.83. The molecule has 0 saturated heterocycles. The van der Waals surface area contributed by atoms with Crippen molar-refractivity contribution in [2.45, 2.75) is 31.8 Å². The summed E-state index contributed by atoms with van der Waals surface area (Å²) in [6.45, 7) is 2.93. The summed E-state index contributed by atoms with van der Waals surface area (Å²) in [7, 11) is 1.92. The van der Waals surface area contributed by atoms with E-state index in [0.717, 1.165) is 18.8 Å². The van der Waals surface area contributed by atoms with Gasteiger partial charge in [0.1, 0.15) is 0 Å². The van der Waals surface area contributed by atoms with E-state index in [1.165, 1.54) is 11.1 Å². The fraction of sp³-hybridized carbons (Fsp3) is 0.462. The maximum absolute atomic E-state index is 4.10. The molecule has 1 N–H and O–H groups in total. The summed E-state index contributed by atoms with van der Waals surface area (Å²) in [6.07, 6.45) is 1.13. The molecule has 5 heteroatoms. The second kappa shape index (κ2) is 4.49. The second-order valence-corrected chi connectivity index (χ2v) is 4.83. The van der Waals surface area contributed by atoms with Crippen LogP contribution < -0.4 is 5.32 Å². The molecule has 1 aliphatic rings. The van der Waals surface area contributed by atoms with E-state index < -0.39 is 0 Å². The van der Waals surface area contributed by atoms with E-state index in [-0.39, 0.29) is 6.04 Å². The summed E-state index contributed by atoms with van der Waals surface area (Å²) in [5.41, 5.74) is 2.90. The molecular formula is C13H17N5. The first-order chi connectivity index (χ1) is 8.79. The van der Waals surface area contributed by atoms with Crippen LogP contribution in [0.5, 0.6) is 0 Å². The van der Waals surface area contributed by atoms with Gasteiger partial charge in [-0.3, -0.25) is 0 Å². The molecule has 0 amide bonds. The molecule has 18 heavy (non-hydrogen) atoms. The van der Waals surface area contributed by atoms with Crippen LogP contribution in [0, 0.1) is 0 Å².